The zero-order valence-electron chi connectivity index (χ0n) is 14.1. The Bertz CT molecular complexity index is 745. The molecular formula is C15H23ClFN3O4S. The second-order valence-corrected chi connectivity index (χ2v) is 7.59. The number of hydrogen-bond donors (Lipinski definition) is 2. The fraction of sp³-hybridized carbons (Fsp3) is 0.533. The van der Waals surface area contributed by atoms with Crippen molar-refractivity contribution < 1.29 is 22.3 Å². The molecule has 1 heterocycles. The maximum Gasteiger partial charge on any atom is 0.241 e. The number of likely N-dealkylation sites (tertiary alicyclic amines) is 1. The molecule has 1 aliphatic rings. The molecule has 0 aliphatic carbocycles. The molecule has 2 rings (SSSR count). The number of halogens is 2. The maximum absolute atomic E-state index is 14.1. The summed E-state index contributed by atoms with van der Waals surface area (Å²) < 4.78 is 42.1. The van der Waals surface area contributed by atoms with Crippen molar-refractivity contribution in [2.24, 2.45) is 16.8 Å². The number of nitrogens with two attached hydrogens (primary N) is 2. The Balaban J connectivity index is 0.00000312. The predicted molar refractivity (Wildman–Crippen MR) is 93.6 cm³/mol. The van der Waals surface area contributed by atoms with Crippen LogP contribution in [-0.2, 0) is 21.2 Å². The van der Waals surface area contributed by atoms with Gasteiger partial charge >= 0.3 is 0 Å². The number of carbonyl (C=O) groups is 1. The zero-order chi connectivity index (χ0) is 18.1. The molecule has 0 aromatic heterocycles. The molecule has 1 aromatic carbocycles. The monoisotopic (exact) mass is 395 g/mol. The van der Waals surface area contributed by atoms with Crippen molar-refractivity contribution in [1.29, 1.82) is 0 Å². The summed E-state index contributed by atoms with van der Waals surface area (Å²) in [5.41, 5.74) is 5.88. The highest BCUT2D eigenvalue weighted by atomic mass is 35.5. The van der Waals surface area contributed by atoms with Gasteiger partial charge in [-0.1, -0.05) is 0 Å². The van der Waals surface area contributed by atoms with E-state index in [-0.39, 0.29) is 42.3 Å². The number of rotatable bonds is 5. The van der Waals surface area contributed by atoms with Gasteiger partial charge in [0, 0.05) is 12.6 Å². The summed E-state index contributed by atoms with van der Waals surface area (Å²) in [6, 6.07) is 2.31. The van der Waals surface area contributed by atoms with E-state index in [0.29, 0.717) is 13.1 Å². The van der Waals surface area contributed by atoms with Crippen molar-refractivity contribution in [3.63, 3.8) is 0 Å². The van der Waals surface area contributed by atoms with Crippen LogP contribution in [0.3, 0.4) is 0 Å². The van der Waals surface area contributed by atoms with Crippen LogP contribution in [-0.4, -0.2) is 45.5 Å². The molecule has 1 saturated heterocycles. The van der Waals surface area contributed by atoms with Gasteiger partial charge in [-0.3, -0.25) is 4.79 Å². The number of methoxy groups -OCH3 is 1. The fourth-order valence-corrected chi connectivity index (χ4v) is 3.82. The Labute approximate surface area is 153 Å². The van der Waals surface area contributed by atoms with Gasteiger partial charge in [0.1, 0.15) is 4.90 Å². The SMILES string of the molecule is COc1c(F)cc(CC(=O)N2CC(CN)CC2C)cc1S(N)(=O)=O.Cl. The number of nitrogens with zero attached hydrogens (tertiary/aromatic N) is 1. The van der Waals surface area contributed by atoms with Gasteiger partial charge in [-0.15, -0.1) is 12.4 Å². The smallest absolute Gasteiger partial charge is 0.241 e. The Morgan fingerprint density at radius 2 is 2.08 bits per heavy atom. The second kappa shape index (κ2) is 8.31. The molecule has 4 N–H and O–H groups in total. The van der Waals surface area contributed by atoms with E-state index >= 15 is 0 Å². The standard InChI is InChI=1S/C15H22FN3O4S.ClH/c1-9-3-11(7-17)8-19(9)14(20)6-10-4-12(16)15(23-2)13(5-10)24(18,21)22;/h4-5,9,11H,3,6-8,17H2,1-2H3,(H2,18,21,22);1H. The van der Waals surface area contributed by atoms with Gasteiger partial charge in [0.2, 0.25) is 15.9 Å². The van der Waals surface area contributed by atoms with Gasteiger partial charge in [0.05, 0.1) is 13.5 Å². The van der Waals surface area contributed by atoms with Gasteiger partial charge in [-0.2, -0.15) is 0 Å². The summed E-state index contributed by atoms with van der Waals surface area (Å²) in [5, 5.41) is 5.10. The van der Waals surface area contributed by atoms with E-state index < -0.39 is 26.5 Å². The fourth-order valence-electron chi connectivity index (χ4n) is 3.07. The van der Waals surface area contributed by atoms with Crippen LogP contribution in [0.25, 0.3) is 0 Å². The third-order valence-corrected chi connectivity index (χ3v) is 5.17. The number of carbonyl (C=O) groups excluding carboxylic acids is 1. The van der Waals surface area contributed by atoms with Crippen molar-refractivity contribution in [1.82, 2.24) is 4.90 Å². The molecule has 2 unspecified atom stereocenters. The summed E-state index contributed by atoms with van der Waals surface area (Å²) in [6.07, 6.45) is 0.701. The number of ether oxygens (including phenoxy) is 1. The zero-order valence-corrected chi connectivity index (χ0v) is 15.7. The van der Waals surface area contributed by atoms with Crippen LogP contribution in [0.15, 0.2) is 17.0 Å². The Kier molecular flexibility index (Phi) is 7.18. The van der Waals surface area contributed by atoms with Gasteiger partial charge in [0.15, 0.2) is 11.6 Å². The van der Waals surface area contributed by atoms with E-state index in [9.17, 15) is 17.6 Å². The van der Waals surface area contributed by atoms with Gasteiger partial charge in [0.25, 0.3) is 0 Å². The summed E-state index contributed by atoms with van der Waals surface area (Å²) >= 11 is 0. The van der Waals surface area contributed by atoms with Crippen molar-refractivity contribution in [2.75, 3.05) is 20.2 Å². The van der Waals surface area contributed by atoms with Crippen LogP contribution < -0.4 is 15.6 Å². The van der Waals surface area contributed by atoms with Crippen molar-refractivity contribution >= 4 is 28.3 Å². The van der Waals surface area contributed by atoms with E-state index in [0.717, 1.165) is 19.6 Å². The first kappa shape index (κ1) is 21.6. The first-order chi connectivity index (χ1) is 11.2. The van der Waals surface area contributed by atoms with Crippen LogP contribution in [0, 0.1) is 11.7 Å². The van der Waals surface area contributed by atoms with Crippen LogP contribution >= 0.6 is 12.4 Å². The van der Waals surface area contributed by atoms with Crippen LogP contribution in [0.1, 0.15) is 18.9 Å². The molecular weight excluding hydrogens is 373 g/mol. The van der Waals surface area contributed by atoms with Gasteiger partial charge in [-0.05, 0) is 43.5 Å². The third kappa shape index (κ3) is 4.81. The average Bonchev–Trinajstić information content (AvgIpc) is 2.87. The Morgan fingerprint density at radius 3 is 2.56 bits per heavy atom. The summed E-state index contributed by atoms with van der Waals surface area (Å²) in [7, 11) is -3.03. The lowest BCUT2D eigenvalue weighted by Crippen LogP contribution is -2.35. The topological polar surface area (TPSA) is 116 Å². The maximum atomic E-state index is 14.1. The molecule has 25 heavy (non-hydrogen) atoms. The van der Waals surface area contributed by atoms with E-state index in [1.54, 1.807) is 4.90 Å². The quantitative estimate of drug-likeness (QED) is 0.759. The first-order valence-electron chi connectivity index (χ1n) is 7.56. The van der Waals surface area contributed by atoms with E-state index in [2.05, 4.69) is 0 Å². The molecule has 1 aliphatic heterocycles. The summed E-state index contributed by atoms with van der Waals surface area (Å²) in [4.78, 5) is 13.7. The average molecular weight is 396 g/mol. The Hall–Kier alpha value is -1.42. The molecule has 0 bridgehead atoms. The molecule has 0 spiro atoms. The van der Waals surface area contributed by atoms with Crippen LogP contribution in [0.4, 0.5) is 4.39 Å². The highest BCUT2D eigenvalue weighted by Gasteiger charge is 2.31. The molecule has 10 heteroatoms. The highest BCUT2D eigenvalue weighted by Crippen LogP contribution is 2.29. The van der Waals surface area contributed by atoms with E-state index in [1.165, 1.54) is 6.07 Å². The molecule has 1 amide bonds. The van der Waals surface area contributed by atoms with Crippen LogP contribution in [0.5, 0.6) is 5.75 Å². The van der Waals surface area contributed by atoms with Gasteiger partial charge < -0.3 is 15.4 Å². The number of benzene rings is 1. The van der Waals surface area contributed by atoms with E-state index in [1.807, 2.05) is 6.92 Å². The van der Waals surface area contributed by atoms with Crippen molar-refractivity contribution in [3.8, 4) is 5.75 Å². The molecule has 0 saturated carbocycles. The third-order valence-electron chi connectivity index (χ3n) is 4.25. The largest absolute Gasteiger partial charge is 0.492 e. The minimum absolute atomic E-state index is 0. The van der Waals surface area contributed by atoms with Crippen LogP contribution in [0.2, 0.25) is 0 Å². The number of amides is 1. The summed E-state index contributed by atoms with van der Waals surface area (Å²) in [6.45, 7) is 2.98. The molecule has 0 radical (unpaired) electrons. The molecule has 142 valence electrons. The minimum Gasteiger partial charge on any atom is -0.492 e. The number of hydrogen-bond acceptors (Lipinski definition) is 5. The van der Waals surface area contributed by atoms with E-state index in [4.69, 9.17) is 15.6 Å². The normalized spacial score (nSPS) is 20.3. The molecule has 1 aromatic rings. The first-order valence-corrected chi connectivity index (χ1v) is 9.10. The highest BCUT2D eigenvalue weighted by molar-refractivity contribution is 7.89. The lowest BCUT2D eigenvalue weighted by atomic mass is 10.1. The predicted octanol–water partition coefficient (Wildman–Crippen LogP) is 0.642. The van der Waals surface area contributed by atoms with Crippen molar-refractivity contribution in [3.05, 3.63) is 23.5 Å². The second-order valence-electron chi connectivity index (χ2n) is 6.06. The number of sulfonamides is 1. The Morgan fingerprint density at radius 1 is 1.44 bits per heavy atom. The van der Waals surface area contributed by atoms with Crippen molar-refractivity contribution in [2.45, 2.75) is 30.7 Å². The number of primary sulfonamides is 1. The lowest BCUT2D eigenvalue weighted by Gasteiger charge is -2.22. The lowest BCUT2D eigenvalue weighted by molar-refractivity contribution is -0.131. The molecule has 1 fully saturated rings. The minimum atomic E-state index is -4.18. The molecule has 7 nitrogen and oxygen atoms in total. The molecule has 2 atom stereocenters. The summed E-state index contributed by atoms with van der Waals surface area (Å²) in [5.74, 6) is -1.28. The van der Waals surface area contributed by atoms with Gasteiger partial charge in [-0.25, -0.2) is 17.9 Å².